The number of H-pyrrole nitrogens is 1. The highest BCUT2D eigenvalue weighted by atomic mass is 32.1. The molecule has 0 radical (unpaired) electrons. The lowest BCUT2D eigenvalue weighted by atomic mass is 10.1. The van der Waals surface area contributed by atoms with Crippen LogP contribution >= 0.6 is 11.5 Å². The molecule has 0 aliphatic rings. The fourth-order valence-corrected chi connectivity index (χ4v) is 2.81. The summed E-state index contributed by atoms with van der Waals surface area (Å²) in [5, 5.41) is 13.0. The lowest BCUT2D eigenvalue weighted by molar-refractivity contribution is 0.0692. The van der Waals surface area contributed by atoms with E-state index in [0.29, 0.717) is 16.9 Å². The van der Waals surface area contributed by atoms with Crippen molar-refractivity contribution in [3.05, 3.63) is 29.2 Å². The second-order valence-electron chi connectivity index (χ2n) is 4.88. The monoisotopic (exact) mass is 306 g/mol. The van der Waals surface area contributed by atoms with Crippen LogP contribution in [0.25, 0.3) is 21.7 Å². The molecule has 0 aliphatic heterocycles. The number of imidazole rings is 1. The van der Waals surface area contributed by atoms with Crippen molar-refractivity contribution in [1.29, 1.82) is 0 Å². The molecule has 0 unspecified atom stereocenters. The lowest BCUT2D eigenvalue weighted by Gasteiger charge is -2.00. The van der Waals surface area contributed by atoms with Crippen LogP contribution in [0.2, 0.25) is 0 Å². The molecule has 6 nitrogen and oxygen atoms in total. The zero-order valence-electron chi connectivity index (χ0n) is 11.2. The van der Waals surface area contributed by atoms with E-state index in [4.69, 9.17) is 5.11 Å². The van der Waals surface area contributed by atoms with Gasteiger partial charge in [0.2, 0.25) is 0 Å². The van der Waals surface area contributed by atoms with Gasteiger partial charge in [0, 0.05) is 6.07 Å². The van der Waals surface area contributed by atoms with Crippen LogP contribution in [0.4, 0.5) is 4.39 Å². The van der Waals surface area contributed by atoms with Gasteiger partial charge in [0.1, 0.15) is 10.7 Å². The average molecular weight is 306 g/mol. The SMILES string of the molecule is CC(C)c1nnsc1-c1nc2cc(C(=O)O)c(F)cc2[nH]1. The first-order chi connectivity index (χ1) is 9.97. The van der Waals surface area contributed by atoms with Gasteiger partial charge in [-0.3, -0.25) is 0 Å². The summed E-state index contributed by atoms with van der Waals surface area (Å²) in [5.74, 6) is -1.41. The predicted octanol–water partition coefficient (Wildman–Crippen LogP) is 3.04. The van der Waals surface area contributed by atoms with Crippen LogP contribution < -0.4 is 0 Å². The molecule has 1 aromatic carbocycles. The van der Waals surface area contributed by atoms with Crippen molar-refractivity contribution < 1.29 is 14.3 Å². The second-order valence-corrected chi connectivity index (χ2v) is 5.64. The first-order valence-corrected chi connectivity index (χ1v) is 7.00. The van der Waals surface area contributed by atoms with Crippen LogP contribution in [-0.4, -0.2) is 30.6 Å². The summed E-state index contributed by atoms with van der Waals surface area (Å²) in [6.07, 6.45) is 0. The van der Waals surface area contributed by atoms with Crippen LogP contribution in [-0.2, 0) is 0 Å². The molecular weight excluding hydrogens is 295 g/mol. The first-order valence-electron chi connectivity index (χ1n) is 6.22. The van der Waals surface area contributed by atoms with E-state index in [1.807, 2.05) is 13.8 Å². The third-order valence-electron chi connectivity index (χ3n) is 3.08. The molecule has 0 bridgehead atoms. The number of aromatic amines is 1. The second kappa shape index (κ2) is 4.88. The minimum absolute atomic E-state index is 0.179. The number of nitrogens with zero attached hydrogens (tertiary/aromatic N) is 3. The standard InChI is InChI=1S/C13H11FN4O2S/c1-5(2)10-11(21-18-17-10)12-15-8-3-6(13(19)20)7(14)4-9(8)16-12/h3-5H,1-2H3,(H,15,16)(H,19,20). The summed E-state index contributed by atoms with van der Waals surface area (Å²) in [6.45, 7) is 3.98. The fraction of sp³-hybridized carbons (Fsp3) is 0.231. The van der Waals surface area contributed by atoms with Crippen LogP contribution in [0.1, 0.15) is 35.8 Å². The number of aromatic carboxylic acids is 1. The number of rotatable bonds is 3. The molecule has 0 atom stereocenters. The topological polar surface area (TPSA) is 91.8 Å². The molecule has 21 heavy (non-hydrogen) atoms. The Morgan fingerprint density at radius 3 is 2.86 bits per heavy atom. The van der Waals surface area contributed by atoms with E-state index in [1.165, 1.54) is 17.6 Å². The van der Waals surface area contributed by atoms with Crippen molar-refractivity contribution in [2.24, 2.45) is 0 Å². The molecule has 2 aromatic heterocycles. The minimum Gasteiger partial charge on any atom is -0.478 e. The Bertz CT molecular complexity index is 840. The molecule has 0 spiro atoms. The van der Waals surface area contributed by atoms with Gasteiger partial charge in [-0.25, -0.2) is 14.2 Å². The summed E-state index contributed by atoms with van der Waals surface area (Å²) in [7, 11) is 0. The van der Waals surface area contributed by atoms with Crippen molar-refractivity contribution in [1.82, 2.24) is 19.6 Å². The van der Waals surface area contributed by atoms with Crippen molar-refractivity contribution >= 4 is 28.5 Å². The van der Waals surface area contributed by atoms with Gasteiger partial charge < -0.3 is 10.1 Å². The summed E-state index contributed by atoms with van der Waals surface area (Å²) in [6, 6.07) is 2.36. The number of benzene rings is 1. The van der Waals surface area contributed by atoms with Gasteiger partial charge >= 0.3 is 5.97 Å². The average Bonchev–Trinajstić information content (AvgIpc) is 3.02. The van der Waals surface area contributed by atoms with E-state index in [0.717, 1.165) is 16.6 Å². The quantitative estimate of drug-likeness (QED) is 0.776. The highest BCUT2D eigenvalue weighted by Crippen LogP contribution is 2.30. The molecule has 2 N–H and O–H groups in total. The largest absolute Gasteiger partial charge is 0.478 e. The van der Waals surface area contributed by atoms with Gasteiger partial charge in [-0.15, -0.1) is 5.10 Å². The molecule has 0 amide bonds. The number of hydrogen-bond acceptors (Lipinski definition) is 5. The normalized spacial score (nSPS) is 11.4. The Balaban J connectivity index is 2.17. The van der Waals surface area contributed by atoms with Gasteiger partial charge in [-0.2, -0.15) is 0 Å². The summed E-state index contributed by atoms with van der Waals surface area (Å²) in [4.78, 5) is 19.0. The fourth-order valence-electron chi connectivity index (χ4n) is 2.04. The van der Waals surface area contributed by atoms with E-state index < -0.39 is 17.3 Å². The van der Waals surface area contributed by atoms with Crippen molar-refractivity contribution in [3.8, 4) is 10.7 Å². The molecule has 3 rings (SSSR count). The van der Waals surface area contributed by atoms with Crippen LogP contribution in [0, 0.1) is 5.82 Å². The summed E-state index contributed by atoms with van der Waals surface area (Å²) >= 11 is 1.20. The molecule has 0 saturated carbocycles. The molecule has 0 saturated heterocycles. The molecule has 0 fully saturated rings. The van der Waals surface area contributed by atoms with E-state index in [1.54, 1.807) is 0 Å². The van der Waals surface area contributed by atoms with E-state index >= 15 is 0 Å². The lowest BCUT2D eigenvalue weighted by Crippen LogP contribution is -1.99. The van der Waals surface area contributed by atoms with Crippen molar-refractivity contribution in [3.63, 3.8) is 0 Å². The Morgan fingerprint density at radius 1 is 1.43 bits per heavy atom. The number of carboxylic acid groups (broad SMARTS) is 1. The minimum atomic E-state index is -1.32. The molecule has 108 valence electrons. The van der Waals surface area contributed by atoms with Gasteiger partial charge in [-0.1, -0.05) is 18.3 Å². The smallest absolute Gasteiger partial charge is 0.338 e. The summed E-state index contributed by atoms with van der Waals surface area (Å²) < 4.78 is 17.6. The Labute approximate surface area is 122 Å². The van der Waals surface area contributed by atoms with Crippen LogP contribution in [0.3, 0.4) is 0 Å². The summed E-state index contributed by atoms with van der Waals surface area (Å²) in [5.41, 5.74) is 1.24. The number of nitrogens with one attached hydrogen (secondary N) is 1. The molecule has 2 heterocycles. The Hall–Kier alpha value is -2.35. The van der Waals surface area contributed by atoms with Gasteiger partial charge in [0.25, 0.3) is 0 Å². The predicted molar refractivity (Wildman–Crippen MR) is 76.0 cm³/mol. The zero-order valence-corrected chi connectivity index (χ0v) is 12.0. The number of fused-ring (bicyclic) bond motifs is 1. The molecule has 3 aromatic rings. The Kier molecular flexibility index (Phi) is 3.17. The molecule has 8 heteroatoms. The highest BCUT2D eigenvalue weighted by Gasteiger charge is 2.19. The van der Waals surface area contributed by atoms with E-state index in [9.17, 15) is 9.18 Å². The van der Waals surface area contributed by atoms with Gasteiger partial charge in [0.05, 0.1) is 22.3 Å². The van der Waals surface area contributed by atoms with Crippen molar-refractivity contribution in [2.75, 3.05) is 0 Å². The van der Waals surface area contributed by atoms with E-state index in [2.05, 4.69) is 19.6 Å². The molecular formula is C13H11FN4O2S. The number of halogens is 1. The number of carbonyl (C=O) groups is 1. The van der Waals surface area contributed by atoms with E-state index in [-0.39, 0.29) is 5.92 Å². The number of aromatic nitrogens is 4. The first kappa shape index (κ1) is 13.6. The Morgan fingerprint density at radius 2 is 2.19 bits per heavy atom. The zero-order chi connectivity index (χ0) is 15.1. The van der Waals surface area contributed by atoms with Crippen LogP contribution in [0.5, 0.6) is 0 Å². The van der Waals surface area contributed by atoms with Gasteiger partial charge in [0.15, 0.2) is 5.82 Å². The van der Waals surface area contributed by atoms with Crippen molar-refractivity contribution in [2.45, 2.75) is 19.8 Å². The number of hydrogen-bond donors (Lipinski definition) is 2. The third-order valence-corrected chi connectivity index (χ3v) is 3.82. The van der Waals surface area contributed by atoms with Crippen LogP contribution in [0.15, 0.2) is 12.1 Å². The number of carboxylic acids is 1. The maximum absolute atomic E-state index is 13.7. The third kappa shape index (κ3) is 2.27. The maximum atomic E-state index is 13.7. The van der Waals surface area contributed by atoms with Gasteiger partial charge in [-0.05, 0) is 23.5 Å². The maximum Gasteiger partial charge on any atom is 0.338 e. The molecule has 0 aliphatic carbocycles. The highest BCUT2D eigenvalue weighted by molar-refractivity contribution is 7.09.